The number of fused-ring (bicyclic) bond motifs is 15. The van der Waals surface area contributed by atoms with Gasteiger partial charge in [-0.05, 0) is 0 Å². The van der Waals surface area contributed by atoms with Crippen molar-refractivity contribution >= 4 is 50.2 Å². The van der Waals surface area contributed by atoms with Crippen LogP contribution in [0.3, 0.4) is 0 Å². The van der Waals surface area contributed by atoms with Crippen LogP contribution in [0, 0.1) is 0 Å². The van der Waals surface area contributed by atoms with Crippen molar-refractivity contribution < 1.29 is 11.1 Å². The van der Waals surface area contributed by atoms with Crippen molar-refractivity contribution in [2.75, 3.05) is 0 Å². The summed E-state index contributed by atoms with van der Waals surface area (Å²) < 4.78 is 17.2. The molecule has 0 saturated carbocycles. The molecule has 10 fully saturated rings. The van der Waals surface area contributed by atoms with E-state index in [9.17, 15) is 0 Å². The first-order valence-corrected chi connectivity index (χ1v) is 24.7. The molecule has 0 amide bonds. The molecular formula is C40H39FeOP. The average Bonchev–Trinajstić information content (AvgIpc) is 3.92. The summed E-state index contributed by atoms with van der Waals surface area (Å²) in [5, 5.41) is 11.2. The molecule has 0 N–H and O–H groups in total. The molecule has 3 heteroatoms. The minimum atomic E-state index is -4.27. The summed E-state index contributed by atoms with van der Waals surface area (Å²) in [6.07, 6.45) is 0. The Morgan fingerprint density at radius 2 is 1.07 bits per heavy atom. The standard InChI is InChI=1S/C27H17.C13H22OP.Fe/c1-2-8-18(7-1)27-23-12-6-5-11-21(23)17-26-24(27)14-13-22-15-19-9-3-4-10-20(19)16-25(22)26;1-12(2,3)15(14,13(4,5)6)11-9-7-8-10-11;/h1-17H;7-10H,1-6H3;. The fraction of sp³-hybridized carbons (Fsp3) is 0.450. The third-order valence-electron chi connectivity index (χ3n) is 22.2. The third-order valence-corrected chi connectivity index (χ3v) is 74.6. The topological polar surface area (TPSA) is 17.1 Å². The van der Waals surface area contributed by atoms with Crippen LogP contribution in [0.1, 0.15) is 47.1 Å². The molecule has 10 heterocycles. The normalized spacial score (nSPS) is 57.6. The molecule has 0 radical (unpaired) electrons. The Bertz CT molecular complexity index is 2840. The van der Waals surface area contributed by atoms with Crippen LogP contribution in [-0.2, 0) is 15.4 Å². The van der Waals surface area contributed by atoms with Crippen LogP contribution in [-0.4, -0.2) is 14.4 Å². The van der Waals surface area contributed by atoms with Crippen molar-refractivity contribution in [3.8, 4) is 0 Å². The number of benzene rings is 5. The van der Waals surface area contributed by atoms with E-state index in [2.05, 4.69) is 120 Å². The van der Waals surface area contributed by atoms with Gasteiger partial charge in [0, 0.05) is 0 Å². The number of hydrogen-bond acceptors (Lipinski definition) is 1. The van der Waals surface area contributed by atoms with Crippen LogP contribution >= 0.6 is 7.14 Å². The van der Waals surface area contributed by atoms with Gasteiger partial charge in [0.25, 0.3) is 0 Å². The Morgan fingerprint density at radius 3 is 1.65 bits per heavy atom. The van der Waals surface area contributed by atoms with Crippen molar-refractivity contribution in [3.63, 3.8) is 0 Å². The van der Waals surface area contributed by atoms with Gasteiger partial charge in [-0.15, -0.1) is 0 Å². The molecule has 43 heavy (non-hydrogen) atoms. The van der Waals surface area contributed by atoms with E-state index in [-0.39, 0.29) is 10.3 Å². The second kappa shape index (κ2) is 3.22. The van der Waals surface area contributed by atoms with Crippen LogP contribution in [0.15, 0.2) is 78.9 Å². The Labute approximate surface area is 243 Å². The molecule has 10 saturated heterocycles. The van der Waals surface area contributed by atoms with E-state index in [1.807, 2.05) is 0 Å². The summed E-state index contributed by atoms with van der Waals surface area (Å²) in [7, 11) is -2.52. The molecular weight excluding hydrogens is 583 g/mol. The first kappa shape index (κ1) is 21.6. The molecule has 8 atom stereocenters. The van der Waals surface area contributed by atoms with Crippen LogP contribution in [0.4, 0.5) is 0 Å². The van der Waals surface area contributed by atoms with Gasteiger partial charge < -0.3 is 0 Å². The predicted molar refractivity (Wildman–Crippen MR) is 178 cm³/mol. The van der Waals surface area contributed by atoms with Gasteiger partial charge >= 0.3 is 244 Å². The maximum absolute atomic E-state index is 16.5. The quantitative estimate of drug-likeness (QED) is 0.0829. The van der Waals surface area contributed by atoms with Gasteiger partial charge in [-0.25, -0.2) is 0 Å². The SMILES string of the molecule is CC(C)(C)P(=O)(C(C)(C)C)[C]12[CH]3[CH]4[CH]5[CH]1[Fe]45321678[CH]2[CH]1[CH]6[C]7(c1c3ccccc3cc3c1ccc1cc4ccccc4cc13)[CH]28. The first-order valence-electron chi connectivity index (χ1n) is 16.8. The molecule has 0 aliphatic carbocycles. The second-order valence-electron chi connectivity index (χ2n) is 20.7. The van der Waals surface area contributed by atoms with E-state index in [4.69, 9.17) is 0 Å². The second-order valence-corrected chi connectivity index (χ2v) is 49.0. The van der Waals surface area contributed by atoms with Gasteiger partial charge in [-0.2, -0.15) is 0 Å². The molecule has 10 aliphatic rings. The minimum absolute atomic E-state index is 0.109. The van der Waals surface area contributed by atoms with Crippen LogP contribution in [0.5, 0.6) is 0 Å². The Kier molecular flexibility index (Phi) is 1.62. The predicted octanol–water partition coefficient (Wildman–Crippen LogP) is 12.0. The monoisotopic (exact) mass is 622 g/mol. The van der Waals surface area contributed by atoms with Crippen LogP contribution in [0.2, 0.25) is 38.5 Å². The van der Waals surface area contributed by atoms with E-state index in [1.165, 1.54) is 32.3 Å². The maximum atomic E-state index is 16.5. The Morgan fingerprint density at radius 1 is 0.558 bits per heavy atom. The van der Waals surface area contributed by atoms with Crippen LogP contribution in [0.25, 0.3) is 43.1 Å². The zero-order valence-electron chi connectivity index (χ0n) is 25.8. The first-order chi connectivity index (χ1) is 20.2. The van der Waals surface area contributed by atoms with E-state index >= 15 is 4.57 Å². The molecule has 10 aliphatic heterocycles. The van der Waals surface area contributed by atoms with Crippen LogP contribution < -0.4 is 0 Å². The zero-order valence-corrected chi connectivity index (χ0v) is 27.8. The summed E-state index contributed by atoms with van der Waals surface area (Å²) in [6, 6.07) is 30.7. The summed E-state index contributed by atoms with van der Waals surface area (Å²) in [4.78, 5) is 8.23. The fourth-order valence-electron chi connectivity index (χ4n) is 24.0. The molecule has 8 unspecified atom stereocenters. The average molecular weight is 623 g/mol. The van der Waals surface area contributed by atoms with Crippen molar-refractivity contribution in [2.45, 2.75) is 98.8 Å². The van der Waals surface area contributed by atoms with Gasteiger partial charge in [0.1, 0.15) is 0 Å². The van der Waals surface area contributed by atoms with Gasteiger partial charge in [0.15, 0.2) is 0 Å². The van der Waals surface area contributed by atoms with E-state index in [1.54, 1.807) is 16.3 Å². The Balaban J connectivity index is 1.13. The summed E-state index contributed by atoms with van der Waals surface area (Å²) in [5.41, 5.74) is 1.80. The summed E-state index contributed by atoms with van der Waals surface area (Å²) in [5.74, 6) is 0. The Hall–Kier alpha value is -2.11. The summed E-state index contributed by atoms with van der Waals surface area (Å²) in [6.45, 7) is 10.1. The van der Waals surface area contributed by atoms with E-state index in [0.29, 0.717) is 8.37 Å². The van der Waals surface area contributed by atoms with Crippen molar-refractivity contribution in [2.24, 2.45) is 0 Å². The fourth-order valence-corrected chi connectivity index (χ4v) is 120. The van der Waals surface area contributed by atoms with E-state index < -0.39 is 13.7 Å². The van der Waals surface area contributed by atoms with E-state index in [0.717, 1.165) is 38.5 Å². The molecule has 0 aromatic heterocycles. The van der Waals surface area contributed by atoms with Gasteiger partial charge in [0.2, 0.25) is 0 Å². The van der Waals surface area contributed by atoms with Gasteiger partial charge in [-0.1, -0.05) is 0 Å². The molecule has 1 spiro atoms. The van der Waals surface area contributed by atoms with Crippen molar-refractivity contribution in [1.29, 1.82) is 0 Å². The van der Waals surface area contributed by atoms with Gasteiger partial charge in [0.05, 0.1) is 0 Å². The molecule has 5 aromatic carbocycles. The number of hydrogen-bond donors (Lipinski definition) is 0. The number of rotatable bonds is 2. The molecule has 1 nitrogen and oxygen atoms in total. The molecule has 0 bridgehead atoms. The molecule has 218 valence electrons. The van der Waals surface area contributed by atoms with Crippen molar-refractivity contribution in [3.05, 3.63) is 84.4 Å². The van der Waals surface area contributed by atoms with Crippen molar-refractivity contribution in [1.82, 2.24) is 0 Å². The summed E-state index contributed by atoms with van der Waals surface area (Å²) >= 11 is 0. The van der Waals surface area contributed by atoms with Gasteiger partial charge in [-0.3, -0.25) is 0 Å². The molecule has 15 rings (SSSR count). The molecule has 5 aromatic rings. The third kappa shape index (κ3) is 0.574. The zero-order chi connectivity index (χ0) is 28.8.